The van der Waals surface area contributed by atoms with Gasteiger partial charge in [-0.1, -0.05) is 23.4 Å². The molecule has 6 heteroatoms. The lowest BCUT2D eigenvalue weighted by molar-refractivity contribution is -0.141. The number of amidine groups is 1. The number of hydrogen-bond acceptors (Lipinski definition) is 4. The summed E-state index contributed by atoms with van der Waals surface area (Å²) in [6.45, 7) is 2.57. The largest absolute Gasteiger partial charge is 0.409 e. The molecule has 0 bridgehead atoms. The molecule has 2 fully saturated rings. The number of nitrogens with two attached hydrogens (primary N) is 1. The van der Waals surface area contributed by atoms with Crippen LogP contribution in [0.1, 0.15) is 30.0 Å². The van der Waals surface area contributed by atoms with E-state index in [-0.39, 0.29) is 23.7 Å². The van der Waals surface area contributed by atoms with Gasteiger partial charge in [-0.15, -0.1) is 0 Å². The highest BCUT2D eigenvalue weighted by molar-refractivity contribution is 5.99. The summed E-state index contributed by atoms with van der Waals surface area (Å²) in [5, 5.41) is 12.1. The van der Waals surface area contributed by atoms with Crippen molar-refractivity contribution in [1.82, 2.24) is 4.90 Å². The lowest BCUT2D eigenvalue weighted by atomic mass is 9.97. The van der Waals surface area contributed by atoms with Crippen LogP contribution in [0.3, 0.4) is 0 Å². The fourth-order valence-electron chi connectivity index (χ4n) is 4.23. The van der Waals surface area contributed by atoms with Gasteiger partial charge in [0.1, 0.15) is 0 Å². The number of hydrogen-bond donors (Lipinski definition) is 2. The summed E-state index contributed by atoms with van der Waals surface area (Å²) >= 11 is 0. The van der Waals surface area contributed by atoms with Crippen LogP contribution in [0.4, 0.5) is 0 Å². The highest BCUT2D eigenvalue weighted by Gasteiger charge is 2.63. The number of oxime groups is 1. The Morgan fingerprint density at radius 2 is 2.33 bits per heavy atom. The molecule has 0 radical (unpaired) electrons. The topological polar surface area (TPSA) is 88.1 Å². The van der Waals surface area contributed by atoms with E-state index >= 15 is 0 Å². The van der Waals surface area contributed by atoms with Gasteiger partial charge in [-0.25, -0.2) is 0 Å². The Bertz CT molecular complexity index is 672. The highest BCUT2D eigenvalue weighted by atomic mass is 16.5. The van der Waals surface area contributed by atoms with Gasteiger partial charge in [-0.2, -0.15) is 0 Å². The maximum absolute atomic E-state index is 12.3. The molecular formula is C15H17N3O3. The number of nitrogens with zero attached hydrogens (tertiary/aromatic N) is 2. The van der Waals surface area contributed by atoms with E-state index in [1.165, 1.54) is 0 Å². The lowest BCUT2D eigenvalue weighted by Gasteiger charge is -2.33. The summed E-state index contributed by atoms with van der Waals surface area (Å²) in [6, 6.07) is 5.79. The Hall–Kier alpha value is -2.08. The average molecular weight is 287 g/mol. The summed E-state index contributed by atoms with van der Waals surface area (Å²) in [4.78, 5) is 14.2. The second-order valence-electron chi connectivity index (χ2n) is 6.04. The average Bonchev–Trinajstić information content (AvgIpc) is 3.06. The van der Waals surface area contributed by atoms with E-state index in [1.807, 2.05) is 30.0 Å². The molecule has 1 aromatic rings. The van der Waals surface area contributed by atoms with Gasteiger partial charge < -0.3 is 20.6 Å². The summed E-state index contributed by atoms with van der Waals surface area (Å²) in [7, 11) is 0. The number of ether oxygens (including phenoxy) is 1. The van der Waals surface area contributed by atoms with Crippen LogP contribution < -0.4 is 5.73 Å². The molecule has 6 nitrogen and oxygen atoms in total. The van der Waals surface area contributed by atoms with Crippen molar-refractivity contribution in [1.29, 1.82) is 0 Å². The third-order valence-electron chi connectivity index (χ3n) is 4.98. The Balaban J connectivity index is 1.93. The van der Waals surface area contributed by atoms with E-state index in [0.29, 0.717) is 13.0 Å². The minimum atomic E-state index is -0.641. The second kappa shape index (κ2) is 3.98. The molecule has 0 aromatic heterocycles. The van der Waals surface area contributed by atoms with Crippen LogP contribution in [0.25, 0.3) is 0 Å². The number of amides is 1. The van der Waals surface area contributed by atoms with Gasteiger partial charge in [0.15, 0.2) is 11.6 Å². The molecule has 1 spiro atoms. The third kappa shape index (κ3) is 1.35. The Labute approximate surface area is 122 Å². The molecule has 3 N–H and O–H groups in total. The number of carbonyl (C=O) groups is 1. The zero-order valence-electron chi connectivity index (χ0n) is 11.7. The fraction of sp³-hybridized carbons (Fsp3) is 0.467. The summed E-state index contributed by atoms with van der Waals surface area (Å²) in [6.07, 6.45) is 1.21. The van der Waals surface area contributed by atoms with Crippen molar-refractivity contribution in [2.45, 2.75) is 31.5 Å². The molecule has 2 saturated heterocycles. The summed E-state index contributed by atoms with van der Waals surface area (Å²) < 4.78 is 6.13. The van der Waals surface area contributed by atoms with Crippen LogP contribution in [0.15, 0.2) is 23.4 Å². The van der Waals surface area contributed by atoms with E-state index in [2.05, 4.69) is 5.16 Å². The molecular weight excluding hydrogens is 270 g/mol. The van der Waals surface area contributed by atoms with Gasteiger partial charge in [0.05, 0.1) is 12.6 Å². The molecule has 1 aromatic carbocycles. The fourth-order valence-corrected chi connectivity index (χ4v) is 4.23. The Kier molecular flexibility index (Phi) is 2.39. The number of benzene rings is 1. The van der Waals surface area contributed by atoms with Crippen LogP contribution in [-0.4, -0.2) is 34.5 Å². The first kappa shape index (κ1) is 12.6. The first-order chi connectivity index (χ1) is 10.1. The Morgan fingerprint density at radius 3 is 3.10 bits per heavy atom. The minimum Gasteiger partial charge on any atom is -0.409 e. The van der Waals surface area contributed by atoms with E-state index in [0.717, 1.165) is 23.1 Å². The van der Waals surface area contributed by atoms with Crippen molar-refractivity contribution >= 4 is 11.7 Å². The standard InChI is InChI=1S/C15H17N3O3/c1-8-7-21-15-9(6-13(19)18(8)15)5-11-10(14(16)17-20)3-2-4-12(11)15/h2-4,8-9,20H,5-7H2,1H3,(H2,16,17)/t8-,9?,15-/m1/s1. The SMILES string of the molecule is C[C@@H]1CO[C@@]23c4cccc(/C(N)=N/O)c4CC2CC(=O)N13. The zero-order chi connectivity index (χ0) is 14.8. The molecule has 2 aliphatic heterocycles. The van der Waals surface area contributed by atoms with Gasteiger partial charge in [0, 0.05) is 23.5 Å². The van der Waals surface area contributed by atoms with Crippen LogP contribution in [-0.2, 0) is 21.7 Å². The van der Waals surface area contributed by atoms with Gasteiger partial charge in [0.2, 0.25) is 5.91 Å². The Morgan fingerprint density at radius 1 is 1.52 bits per heavy atom. The van der Waals surface area contributed by atoms with Crippen LogP contribution in [0, 0.1) is 5.92 Å². The van der Waals surface area contributed by atoms with Gasteiger partial charge in [0.25, 0.3) is 0 Å². The van der Waals surface area contributed by atoms with Gasteiger partial charge in [-0.3, -0.25) is 4.79 Å². The molecule has 21 heavy (non-hydrogen) atoms. The number of fused-ring (bicyclic) bond motifs is 1. The molecule has 1 aliphatic carbocycles. The van der Waals surface area contributed by atoms with Crippen molar-refractivity contribution in [2.75, 3.05) is 6.61 Å². The van der Waals surface area contributed by atoms with Crippen molar-refractivity contribution < 1.29 is 14.7 Å². The molecule has 1 amide bonds. The highest BCUT2D eigenvalue weighted by Crippen LogP contribution is 2.56. The molecule has 1 unspecified atom stereocenters. The molecule has 3 aliphatic rings. The maximum Gasteiger partial charge on any atom is 0.225 e. The molecule has 110 valence electrons. The van der Waals surface area contributed by atoms with Crippen molar-refractivity contribution in [3.05, 3.63) is 34.9 Å². The van der Waals surface area contributed by atoms with Crippen molar-refractivity contribution in [3.63, 3.8) is 0 Å². The van der Waals surface area contributed by atoms with Crippen LogP contribution in [0.5, 0.6) is 0 Å². The van der Waals surface area contributed by atoms with Gasteiger partial charge in [-0.05, 0) is 18.9 Å². The first-order valence-electron chi connectivity index (χ1n) is 7.16. The maximum atomic E-state index is 12.3. The van der Waals surface area contributed by atoms with Crippen LogP contribution >= 0.6 is 0 Å². The van der Waals surface area contributed by atoms with Crippen molar-refractivity contribution in [2.24, 2.45) is 16.8 Å². The monoisotopic (exact) mass is 287 g/mol. The second-order valence-corrected chi connectivity index (χ2v) is 6.04. The number of rotatable bonds is 1. The minimum absolute atomic E-state index is 0.0842. The van der Waals surface area contributed by atoms with Gasteiger partial charge >= 0.3 is 0 Å². The van der Waals surface area contributed by atoms with E-state index in [1.54, 1.807) is 0 Å². The van der Waals surface area contributed by atoms with Crippen molar-refractivity contribution in [3.8, 4) is 0 Å². The summed E-state index contributed by atoms with van der Waals surface area (Å²) in [5.74, 6) is 0.370. The smallest absolute Gasteiger partial charge is 0.225 e. The first-order valence-corrected chi connectivity index (χ1v) is 7.16. The summed E-state index contributed by atoms with van der Waals surface area (Å²) in [5.41, 5.74) is 7.90. The molecule has 0 saturated carbocycles. The van der Waals surface area contributed by atoms with Crippen LogP contribution in [0.2, 0.25) is 0 Å². The molecule has 2 heterocycles. The predicted octanol–water partition coefficient (Wildman–Crippen LogP) is 0.757. The van der Waals surface area contributed by atoms with E-state index < -0.39 is 5.72 Å². The predicted molar refractivity (Wildman–Crippen MR) is 74.7 cm³/mol. The lowest BCUT2D eigenvalue weighted by Crippen LogP contribution is -2.43. The third-order valence-corrected chi connectivity index (χ3v) is 4.98. The zero-order valence-corrected chi connectivity index (χ0v) is 11.7. The normalized spacial score (nSPS) is 34.0. The molecule has 3 atom stereocenters. The van der Waals surface area contributed by atoms with E-state index in [4.69, 9.17) is 15.7 Å². The molecule has 4 rings (SSSR count). The quantitative estimate of drug-likeness (QED) is 0.345. The number of carbonyl (C=O) groups excluding carboxylic acids is 1. The van der Waals surface area contributed by atoms with E-state index in [9.17, 15) is 4.79 Å².